The summed E-state index contributed by atoms with van der Waals surface area (Å²) in [6, 6.07) is 5.87. The molecule has 2 bridgehead atoms. The van der Waals surface area contributed by atoms with Crippen LogP contribution in [0, 0.1) is 16.6 Å². The van der Waals surface area contributed by atoms with Gasteiger partial charge in [-0.2, -0.15) is 0 Å². The Balaban J connectivity index is 1.53. The number of hydrogen-bond acceptors (Lipinski definition) is 4. The third kappa shape index (κ3) is 2.02. The van der Waals surface area contributed by atoms with Crippen molar-refractivity contribution in [2.75, 3.05) is 13.7 Å². The summed E-state index contributed by atoms with van der Waals surface area (Å²) in [5.41, 5.74) is -0.268. The molecule has 1 amide bonds. The van der Waals surface area contributed by atoms with Gasteiger partial charge in [0.2, 0.25) is 5.91 Å². The Kier molecular flexibility index (Phi) is 3.26. The number of hydrogen-bond donors (Lipinski definition) is 1. The van der Waals surface area contributed by atoms with Crippen LogP contribution in [0.4, 0.5) is 4.39 Å². The van der Waals surface area contributed by atoms with Crippen LogP contribution in [0.15, 0.2) is 24.3 Å². The van der Waals surface area contributed by atoms with Crippen LogP contribution >= 0.6 is 0 Å². The van der Waals surface area contributed by atoms with E-state index in [-0.39, 0.29) is 30.3 Å². The van der Waals surface area contributed by atoms with Crippen molar-refractivity contribution in [2.45, 2.75) is 37.8 Å². The molecular formula is C18H20FNO4. The lowest BCUT2D eigenvalue weighted by Gasteiger charge is -2.67. The van der Waals surface area contributed by atoms with Crippen molar-refractivity contribution in [3.63, 3.8) is 0 Å². The lowest BCUT2D eigenvalue weighted by atomic mass is 9.34. The highest BCUT2D eigenvalue weighted by Crippen LogP contribution is 2.74. The number of carbonyl (C=O) groups excluding carboxylic acids is 2. The molecule has 6 heteroatoms. The van der Waals surface area contributed by atoms with Crippen LogP contribution in [0.5, 0.6) is 0 Å². The number of likely N-dealkylation sites (tertiary alicyclic amines) is 1. The second-order valence-electron chi connectivity index (χ2n) is 7.50. The fraction of sp³-hybridized carbons (Fsp3) is 0.556. The monoisotopic (exact) mass is 333 g/mol. The van der Waals surface area contributed by atoms with E-state index in [4.69, 9.17) is 4.74 Å². The Hall–Kier alpha value is -1.95. The van der Waals surface area contributed by atoms with Gasteiger partial charge in [0.25, 0.3) is 0 Å². The zero-order valence-corrected chi connectivity index (χ0v) is 13.5. The molecule has 5 nitrogen and oxygen atoms in total. The van der Waals surface area contributed by atoms with E-state index in [1.54, 1.807) is 17.0 Å². The molecule has 1 heterocycles. The molecular weight excluding hydrogens is 313 g/mol. The fourth-order valence-electron chi connectivity index (χ4n) is 4.82. The summed E-state index contributed by atoms with van der Waals surface area (Å²) in [7, 11) is 1.37. The molecule has 1 N–H and O–H groups in total. The number of benzene rings is 1. The molecule has 128 valence electrons. The molecule has 0 aromatic heterocycles. The van der Waals surface area contributed by atoms with E-state index in [1.165, 1.54) is 19.2 Å². The van der Waals surface area contributed by atoms with Crippen molar-refractivity contribution in [3.8, 4) is 0 Å². The van der Waals surface area contributed by atoms with Crippen molar-refractivity contribution in [1.82, 2.24) is 4.90 Å². The van der Waals surface area contributed by atoms with E-state index in [0.29, 0.717) is 31.2 Å². The predicted octanol–water partition coefficient (Wildman–Crippen LogP) is 1.80. The van der Waals surface area contributed by atoms with E-state index in [0.717, 1.165) is 0 Å². The maximum absolute atomic E-state index is 13.5. The molecule has 1 aliphatic heterocycles. The Morgan fingerprint density at radius 2 is 2.00 bits per heavy atom. The summed E-state index contributed by atoms with van der Waals surface area (Å²) in [6.07, 6.45) is 1.37. The molecule has 24 heavy (non-hydrogen) atoms. The van der Waals surface area contributed by atoms with Crippen molar-refractivity contribution >= 4 is 11.9 Å². The highest BCUT2D eigenvalue weighted by Gasteiger charge is 2.76. The zero-order chi connectivity index (χ0) is 17.1. The quantitative estimate of drug-likeness (QED) is 0.857. The topological polar surface area (TPSA) is 66.8 Å². The highest BCUT2D eigenvalue weighted by molar-refractivity contribution is 5.94. The molecule has 1 saturated heterocycles. The Morgan fingerprint density at radius 1 is 1.29 bits per heavy atom. The SMILES string of the molecule is COC(=O)C12CC(C(=O)N3CC(O)CC3c3cccc(F)c3)(C1)C2. The van der Waals surface area contributed by atoms with E-state index < -0.39 is 16.9 Å². The number of esters is 1. The number of carbonyl (C=O) groups is 2. The van der Waals surface area contributed by atoms with Gasteiger partial charge in [-0.05, 0) is 43.4 Å². The summed E-state index contributed by atoms with van der Waals surface area (Å²) >= 11 is 0. The third-order valence-electron chi connectivity index (χ3n) is 5.88. The predicted molar refractivity (Wildman–Crippen MR) is 82.2 cm³/mol. The van der Waals surface area contributed by atoms with Gasteiger partial charge in [0.15, 0.2) is 0 Å². The standard InChI is InChI=1S/C18H20FNO4/c1-24-16(23)18-8-17(9-18,10-18)15(22)20-7-13(21)6-14(20)11-3-2-4-12(19)5-11/h2-5,13-14,21H,6-10H2,1H3. The molecule has 3 saturated carbocycles. The minimum atomic E-state index is -0.607. The summed E-state index contributed by atoms with van der Waals surface area (Å²) in [6.45, 7) is 0.257. The average molecular weight is 333 g/mol. The molecule has 5 rings (SSSR count). The van der Waals surface area contributed by atoms with Crippen molar-refractivity contribution in [1.29, 1.82) is 0 Å². The van der Waals surface area contributed by atoms with E-state index in [2.05, 4.69) is 0 Å². The summed E-state index contributed by atoms with van der Waals surface area (Å²) in [5, 5.41) is 10.0. The van der Waals surface area contributed by atoms with Gasteiger partial charge in [0, 0.05) is 6.54 Å². The number of halogens is 1. The van der Waals surface area contributed by atoms with Crippen molar-refractivity contribution in [3.05, 3.63) is 35.6 Å². The first-order valence-corrected chi connectivity index (χ1v) is 8.22. The van der Waals surface area contributed by atoms with Crippen LogP contribution in [-0.4, -0.2) is 41.6 Å². The third-order valence-corrected chi connectivity index (χ3v) is 5.88. The Bertz CT molecular complexity index is 699. The van der Waals surface area contributed by atoms with Gasteiger partial charge in [-0.25, -0.2) is 4.39 Å². The average Bonchev–Trinajstić information content (AvgIpc) is 2.86. The first-order chi connectivity index (χ1) is 11.4. The maximum Gasteiger partial charge on any atom is 0.311 e. The van der Waals surface area contributed by atoms with Gasteiger partial charge in [-0.15, -0.1) is 0 Å². The first kappa shape index (κ1) is 15.6. The van der Waals surface area contributed by atoms with Crippen LogP contribution in [0.1, 0.15) is 37.3 Å². The summed E-state index contributed by atoms with van der Waals surface area (Å²) < 4.78 is 18.3. The number of β-amino-alcohol motifs (C(OH)–C–C–N with tert-alkyl or cyclic N) is 1. The van der Waals surface area contributed by atoms with E-state index >= 15 is 0 Å². The van der Waals surface area contributed by atoms with Gasteiger partial charge in [0.1, 0.15) is 5.82 Å². The minimum absolute atomic E-state index is 0.0286. The van der Waals surface area contributed by atoms with Gasteiger partial charge in [-0.1, -0.05) is 12.1 Å². The lowest BCUT2D eigenvalue weighted by Crippen LogP contribution is -2.71. The number of ether oxygens (including phenoxy) is 1. The number of nitrogens with zero attached hydrogens (tertiary/aromatic N) is 1. The normalized spacial score (nSPS) is 36.7. The van der Waals surface area contributed by atoms with Crippen molar-refractivity contribution in [2.24, 2.45) is 10.8 Å². The minimum Gasteiger partial charge on any atom is -0.469 e. The molecule has 4 fully saturated rings. The first-order valence-electron chi connectivity index (χ1n) is 8.22. The zero-order valence-electron chi connectivity index (χ0n) is 13.5. The summed E-state index contributed by atoms with van der Waals surface area (Å²) in [5.74, 6) is -0.615. The molecule has 2 unspecified atom stereocenters. The second-order valence-corrected chi connectivity index (χ2v) is 7.50. The number of amides is 1. The van der Waals surface area contributed by atoms with Crippen LogP contribution in [0.3, 0.4) is 0 Å². The molecule has 0 spiro atoms. The van der Waals surface area contributed by atoms with Gasteiger partial charge >= 0.3 is 5.97 Å². The molecule has 1 aromatic rings. The van der Waals surface area contributed by atoms with E-state index in [9.17, 15) is 19.1 Å². The fourth-order valence-corrected chi connectivity index (χ4v) is 4.82. The maximum atomic E-state index is 13.5. The van der Waals surface area contributed by atoms with Crippen LogP contribution < -0.4 is 0 Å². The molecule has 0 radical (unpaired) electrons. The lowest BCUT2D eigenvalue weighted by molar-refractivity contribution is -0.228. The van der Waals surface area contributed by atoms with Crippen LogP contribution in [0.25, 0.3) is 0 Å². The summed E-state index contributed by atoms with van der Waals surface area (Å²) in [4.78, 5) is 26.5. The molecule has 3 aliphatic carbocycles. The second kappa shape index (κ2) is 5.02. The smallest absolute Gasteiger partial charge is 0.311 e. The Labute approximate surface area is 139 Å². The largest absolute Gasteiger partial charge is 0.469 e. The number of rotatable bonds is 3. The van der Waals surface area contributed by atoms with Gasteiger partial charge in [0.05, 0.1) is 30.1 Å². The van der Waals surface area contributed by atoms with Crippen molar-refractivity contribution < 1.29 is 23.8 Å². The van der Waals surface area contributed by atoms with Crippen LogP contribution in [0.2, 0.25) is 0 Å². The van der Waals surface area contributed by atoms with Gasteiger partial charge < -0.3 is 14.7 Å². The Morgan fingerprint density at radius 3 is 2.62 bits per heavy atom. The number of aliphatic hydroxyl groups excluding tert-OH is 1. The number of aliphatic hydroxyl groups is 1. The molecule has 2 atom stereocenters. The van der Waals surface area contributed by atoms with Crippen LogP contribution in [-0.2, 0) is 14.3 Å². The number of methoxy groups -OCH3 is 1. The highest BCUT2D eigenvalue weighted by atomic mass is 19.1. The molecule has 1 aromatic carbocycles. The van der Waals surface area contributed by atoms with Gasteiger partial charge in [-0.3, -0.25) is 9.59 Å². The molecule has 4 aliphatic rings. The van der Waals surface area contributed by atoms with E-state index in [1.807, 2.05) is 0 Å².